The number of nitrogens with two attached hydrogens (primary N) is 1. The number of para-hydroxylation sites is 1. The van der Waals surface area contributed by atoms with Crippen LogP contribution in [0.4, 0.5) is 9.18 Å². The standard InChI is InChI=1S/C27H51N3O6.C15H30N2O3.C6H5N3O2.CH3Cl.CH3F.CH4/c1-20(23(31)29-18-12-10-16-22(3)25(33)35-7)14-8-11-17-28-24(32)21(2)15-9-13-19-30-26(34)36-27(4,5)6;1-12(8-4-6-10-16)14(18)17-11-7-5-9-13(2)15(19)20-3;10-11-9-6-4-2-1-3-5(6)7-8-9;2*1-2;/h20-22H,8-19H2,1-7H3,(H,28,32)(H,29,31)(H,30,34);12-13H,4-11,16H2,1-3H3,(H,17,18);1-4,10H;2*1H3;1H4/t20-,21-,22-;12-,13-;;;;/m00..../s1/i;;;;1D;. The van der Waals surface area contributed by atoms with Crippen LogP contribution >= 0.6 is 11.6 Å². The summed E-state index contributed by atoms with van der Waals surface area (Å²) in [6, 6.07) is 7.16. The number of esters is 2. The molecule has 0 aliphatic carbocycles. The Kier molecular flexibility index (Phi) is 46.8. The molecule has 21 heteroatoms. The summed E-state index contributed by atoms with van der Waals surface area (Å²) < 4.78 is 30.1. The first-order valence-electron chi connectivity index (χ1n) is 25.4. The van der Waals surface area contributed by atoms with E-state index in [-0.39, 0.29) is 66.7 Å². The normalized spacial score (nSPS) is 12.6. The van der Waals surface area contributed by atoms with Gasteiger partial charge in [-0.25, -0.2) is 9.78 Å². The first-order valence-corrected chi connectivity index (χ1v) is 25.5. The van der Waals surface area contributed by atoms with E-state index in [1.807, 2.05) is 61.5 Å². The molecule has 0 aliphatic heterocycles. The van der Waals surface area contributed by atoms with Gasteiger partial charge in [0.1, 0.15) is 16.6 Å². The number of benzene rings is 1. The second-order valence-corrected chi connectivity index (χ2v) is 18.2. The minimum absolute atomic E-state index is 0. The predicted octanol–water partition coefficient (Wildman–Crippen LogP) is 8.59. The van der Waals surface area contributed by atoms with Gasteiger partial charge in [0, 0.05) is 50.3 Å². The number of aromatic nitrogens is 3. The van der Waals surface area contributed by atoms with Gasteiger partial charge in [0.15, 0.2) is 0 Å². The minimum Gasteiger partial charge on any atom is -0.469 e. The Balaban J connectivity index is -0.000000532. The topological polar surface area (TPSA) is 264 Å². The Morgan fingerprint density at radius 1 is 0.667 bits per heavy atom. The third-order valence-corrected chi connectivity index (χ3v) is 10.9. The van der Waals surface area contributed by atoms with E-state index < -0.39 is 18.8 Å². The molecule has 4 amide bonds. The summed E-state index contributed by atoms with van der Waals surface area (Å²) >= 11 is 4.64. The fourth-order valence-electron chi connectivity index (χ4n) is 6.50. The zero-order chi connectivity index (χ0) is 55.3. The number of hydrogen-bond acceptors (Lipinski definition) is 14. The van der Waals surface area contributed by atoms with Crippen molar-refractivity contribution < 1.29 is 59.0 Å². The summed E-state index contributed by atoms with van der Waals surface area (Å²) in [5.74, 6) is -0.414. The van der Waals surface area contributed by atoms with Crippen LogP contribution in [0.1, 0.15) is 160 Å². The van der Waals surface area contributed by atoms with Crippen molar-refractivity contribution in [2.45, 2.75) is 165 Å². The first kappa shape index (κ1) is 71.4. The van der Waals surface area contributed by atoms with Crippen molar-refractivity contribution in [2.24, 2.45) is 35.3 Å². The molecule has 5 atom stereocenters. The maximum atomic E-state index is 12.3. The molecule has 0 fully saturated rings. The van der Waals surface area contributed by atoms with Crippen LogP contribution in [0.5, 0.6) is 0 Å². The SMILES string of the molecule is C.CCl.COC(=O)[C@@H](C)CCCCNC(=O)[C@@H](C)CCCCN.COC(=O)[C@@H](C)CCCCNC(=O)[C@@H](C)CCCCNC(=O)[C@@H](C)CCCCNC(=O)OC(C)(C)C.OOn1nnc2ccccc21.[2H]CF. The molecule has 7 N–H and O–H groups in total. The number of alkyl carbamates (subject to hydrolysis) is 1. The molecule has 0 radical (unpaired) electrons. The van der Waals surface area contributed by atoms with Crippen LogP contribution in [-0.2, 0) is 38.2 Å². The molecule has 2 aromatic rings. The number of methoxy groups -OCH3 is 2. The van der Waals surface area contributed by atoms with Crippen molar-refractivity contribution in [3.05, 3.63) is 24.3 Å². The molecule has 420 valence electrons. The molecule has 0 unspecified atom stereocenters. The van der Waals surface area contributed by atoms with Gasteiger partial charge in [0.2, 0.25) is 17.7 Å². The number of nitrogens with zero attached hydrogens (tertiary/aromatic N) is 3. The Bertz CT molecular complexity index is 1730. The van der Waals surface area contributed by atoms with Crippen molar-refractivity contribution in [2.75, 3.05) is 60.5 Å². The second-order valence-electron chi connectivity index (χ2n) is 18.2. The van der Waals surface area contributed by atoms with Gasteiger partial charge >= 0.3 is 18.0 Å². The number of amides is 4. The molecule has 0 bridgehead atoms. The Morgan fingerprint density at radius 2 is 1.01 bits per heavy atom. The second kappa shape index (κ2) is 47.2. The molecule has 1 heterocycles. The molecule has 0 aliphatic rings. The highest BCUT2D eigenvalue weighted by molar-refractivity contribution is 6.15. The molecular weight excluding hydrogens is 955 g/mol. The summed E-state index contributed by atoms with van der Waals surface area (Å²) in [5, 5.41) is 27.1. The number of carbonyl (C=O) groups excluding carboxylic acids is 6. The number of fused-ring (bicyclic) bond motifs is 1. The molecule has 0 spiro atoms. The van der Waals surface area contributed by atoms with Gasteiger partial charge in [0.05, 0.1) is 34.6 Å². The molecule has 1 aromatic heterocycles. The van der Waals surface area contributed by atoms with Crippen molar-refractivity contribution in [3.8, 4) is 0 Å². The quantitative estimate of drug-likeness (QED) is 0.0107. The Labute approximate surface area is 437 Å². The highest BCUT2D eigenvalue weighted by Gasteiger charge is 2.18. The lowest BCUT2D eigenvalue weighted by molar-refractivity contribution is -0.250. The lowest BCUT2D eigenvalue weighted by Gasteiger charge is -2.19. The summed E-state index contributed by atoms with van der Waals surface area (Å²) in [5.41, 5.74) is 6.24. The smallest absolute Gasteiger partial charge is 0.407 e. The van der Waals surface area contributed by atoms with Crippen molar-refractivity contribution in [1.29, 1.82) is 0 Å². The number of nitrogens with one attached hydrogen (secondary N) is 4. The van der Waals surface area contributed by atoms with Crippen LogP contribution in [-0.4, -0.2) is 122 Å². The predicted molar refractivity (Wildman–Crippen MR) is 284 cm³/mol. The van der Waals surface area contributed by atoms with Crippen LogP contribution in [0.15, 0.2) is 24.3 Å². The van der Waals surface area contributed by atoms with E-state index >= 15 is 0 Å². The first-order chi connectivity index (χ1) is 34.2. The number of ether oxygens (including phenoxy) is 3. The highest BCUT2D eigenvalue weighted by atomic mass is 35.5. The molecule has 2 rings (SSSR count). The van der Waals surface area contributed by atoms with Crippen LogP contribution in [0, 0.1) is 29.6 Å². The number of rotatable bonds is 30. The average molecular weight is 1050 g/mol. The van der Waals surface area contributed by atoms with Gasteiger partial charge in [-0.1, -0.05) is 86.3 Å². The van der Waals surface area contributed by atoms with E-state index in [9.17, 15) is 33.2 Å². The average Bonchev–Trinajstić information content (AvgIpc) is 3.79. The molecule has 0 saturated heterocycles. The summed E-state index contributed by atoms with van der Waals surface area (Å²) in [4.78, 5) is 75.3. The van der Waals surface area contributed by atoms with Gasteiger partial charge in [-0.05, 0) is 114 Å². The maximum Gasteiger partial charge on any atom is 0.407 e. The fraction of sp³-hybridized carbons (Fsp3) is 0.765. The molecule has 1 aromatic carbocycles. The van der Waals surface area contributed by atoms with E-state index in [1.165, 1.54) is 20.6 Å². The number of carbonyl (C=O) groups is 6. The maximum absolute atomic E-state index is 12.3. The van der Waals surface area contributed by atoms with Crippen LogP contribution in [0.3, 0.4) is 0 Å². The zero-order valence-electron chi connectivity index (χ0n) is 45.8. The van der Waals surface area contributed by atoms with E-state index in [0.717, 1.165) is 101 Å². The molecule has 19 nitrogen and oxygen atoms in total. The Morgan fingerprint density at radius 3 is 1.36 bits per heavy atom. The van der Waals surface area contributed by atoms with Crippen molar-refractivity contribution in [3.63, 3.8) is 0 Å². The van der Waals surface area contributed by atoms with Gasteiger partial charge < -0.3 is 41.2 Å². The number of hydrogen-bond donors (Lipinski definition) is 6. The van der Waals surface area contributed by atoms with E-state index in [2.05, 4.69) is 52.9 Å². The largest absolute Gasteiger partial charge is 0.469 e. The summed E-state index contributed by atoms with van der Waals surface area (Å²) in [6.07, 6.45) is 13.9. The lowest BCUT2D eigenvalue weighted by atomic mass is 10.0. The molecule has 0 saturated carbocycles. The van der Waals surface area contributed by atoms with Crippen LogP contribution in [0.2, 0.25) is 0 Å². The summed E-state index contributed by atoms with van der Waals surface area (Å²) in [7, 11) is 1.80. The van der Waals surface area contributed by atoms with E-state index in [4.69, 9.17) is 21.8 Å². The number of unbranched alkanes of at least 4 members (excludes halogenated alkanes) is 5. The van der Waals surface area contributed by atoms with E-state index in [0.29, 0.717) is 43.8 Å². The van der Waals surface area contributed by atoms with Crippen molar-refractivity contribution >= 4 is 58.4 Å². The Hall–Kier alpha value is -4.82. The zero-order valence-corrected chi connectivity index (χ0v) is 45.5. The van der Waals surface area contributed by atoms with Gasteiger partial charge in [-0.15, -0.1) is 16.7 Å². The monoisotopic (exact) mass is 1050 g/mol. The van der Waals surface area contributed by atoms with Gasteiger partial charge in [0.25, 0.3) is 0 Å². The highest BCUT2D eigenvalue weighted by Crippen LogP contribution is 2.14. The van der Waals surface area contributed by atoms with Gasteiger partial charge in [-0.3, -0.25) is 28.4 Å². The lowest BCUT2D eigenvalue weighted by Crippen LogP contribution is -2.33. The molecular formula is C51H96ClFN8O11. The third kappa shape index (κ3) is 38.8. The van der Waals surface area contributed by atoms with Crippen molar-refractivity contribution in [1.82, 2.24) is 36.4 Å². The van der Waals surface area contributed by atoms with Crippen LogP contribution in [0.25, 0.3) is 11.0 Å². The summed E-state index contributed by atoms with van der Waals surface area (Å²) in [6.45, 7) is 18.1. The van der Waals surface area contributed by atoms with E-state index in [1.54, 1.807) is 18.2 Å². The van der Waals surface area contributed by atoms with Gasteiger partial charge in [-0.2, -0.15) is 5.26 Å². The van der Waals surface area contributed by atoms with Crippen LogP contribution < -0.4 is 32.0 Å². The number of halogens is 2. The molecule has 72 heavy (non-hydrogen) atoms. The number of alkyl halides is 2. The fourth-order valence-corrected chi connectivity index (χ4v) is 6.50. The third-order valence-electron chi connectivity index (χ3n) is 10.9. The minimum atomic E-state index is -1.00.